The molecular formula is C17H23N5O2. The summed E-state index contributed by atoms with van der Waals surface area (Å²) < 4.78 is 7.69. The molecule has 1 aliphatic rings. The number of aromatic nitrogens is 4. The number of tetrazole rings is 1. The minimum Gasteiger partial charge on any atom is -0.487 e. The number of carbonyl (C=O) groups excluding carboxylic acids is 1. The van der Waals surface area contributed by atoms with Crippen LogP contribution in [-0.4, -0.2) is 31.7 Å². The van der Waals surface area contributed by atoms with Gasteiger partial charge in [0.1, 0.15) is 17.2 Å². The molecule has 2 aromatic rings. The van der Waals surface area contributed by atoms with Crippen molar-refractivity contribution >= 4 is 5.91 Å². The second-order valence-electron chi connectivity index (χ2n) is 6.93. The van der Waals surface area contributed by atoms with Crippen LogP contribution in [0.15, 0.2) is 18.2 Å². The molecular weight excluding hydrogens is 306 g/mol. The standard InChI is InChI=1S/C17H23N5O2/c1-11-5-6-13-14(10-17(3,4)24-15(13)9-11)18-16(23)7-8-22-12(2)19-20-21-22/h5-6,9,14H,7-8,10H2,1-4H3,(H,18,23)/t14-/m0/s1. The zero-order chi connectivity index (χ0) is 17.3. The number of fused-ring (bicyclic) bond motifs is 1. The lowest BCUT2D eigenvalue weighted by molar-refractivity contribution is -0.122. The summed E-state index contributed by atoms with van der Waals surface area (Å²) in [6.45, 7) is 8.41. The van der Waals surface area contributed by atoms with Gasteiger partial charge in [0.15, 0.2) is 0 Å². The SMILES string of the molecule is Cc1ccc2c(c1)OC(C)(C)C[C@@H]2NC(=O)CCn1nnnc1C. The third-order valence-corrected chi connectivity index (χ3v) is 4.22. The second kappa shape index (κ2) is 6.22. The molecule has 0 saturated heterocycles. The first-order chi connectivity index (χ1) is 11.3. The Morgan fingerprint density at radius 1 is 1.42 bits per heavy atom. The molecule has 2 heterocycles. The van der Waals surface area contributed by atoms with Gasteiger partial charge in [-0.15, -0.1) is 5.10 Å². The number of hydrogen-bond acceptors (Lipinski definition) is 5. The average molecular weight is 329 g/mol. The molecule has 1 aromatic carbocycles. The summed E-state index contributed by atoms with van der Waals surface area (Å²) in [6, 6.07) is 6.06. The van der Waals surface area contributed by atoms with E-state index in [-0.39, 0.29) is 17.6 Å². The molecule has 1 aliphatic heterocycles. The number of nitrogens with one attached hydrogen (secondary N) is 1. The van der Waals surface area contributed by atoms with Crippen molar-refractivity contribution in [2.24, 2.45) is 0 Å². The van der Waals surface area contributed by atoms with Crippen molar-refractivity contribution in [3.05, 3.63) is 35.2 Å². The Bertz CT molecular complexity index is 753. The van der Waals surface area contributed by atoms with E-state index >= 15 is 0 Å². The fourth-order valence-corrected chi connectivity index (χ4v) is 3.02. The Hall–Kier alpha value is -2.44. The van der Waals surface area contributed by atoms with Gasteiger partial charge in [0.2, 0.25) is 5.91 Å². The van der Waals surface area contributed by atoms with E-state index in [4.69, 9.17) is 4.74 Å². The van der Waals surface area contributed by atoms with Crippen LogP contribution in [-0.2, 0) is 11.3 Å². The highest BCUT2D eigenvalue weighted by Crippen LogP contribution is 2.39. The van der Waals surface area contributed by atoms with Crippen molar-refractivity contribution in [3.8, 4) is 5.75 Å². The fraction of sp³-hybridized carbons (Fsp3) is 0.529. The first kappa shape index (κ1) is 16.4. The normalized spacial score (nSPS) is 18.6. The largest absolute Gasteiger partial charge is 0.487 e. The highest BCUT2D eigenvalue weighted by Gasteiger charge is 2.34. The molecule has 7 heteroatoms. The number of aryl methyl sites for hydroxylation is 3. The van der Waals surface area contributed by atoms with Crippen LogP contribution < -0.4 is 10.1 Å². The van der Waals surface area contributed by atoms with E-state index in [9.17, 15) is 4.79 Å². The van der Waals surface area contributed by atoms with Gasteiger partial charge in [-0.2, -0.15) is 0 Å². The van der Waals surface area contributed by atoms with E-state index in [2.05, 4.69) is 20.8 Å². The van der Waals surface area contributed by atoms with E-state index in [0.717, 1.165) is 23.3 Å². The lowest BCUT2D eigenvalue weighted by Gasteiger charge is -2.38. The summed E-state index contributed by atoms with van der Waals surface area (Å²) in [5.74, 6) is 1.54. The minimum atomic E-state index is -0.314. The molecule has 3 rings (SSSR count). The van der Waals surface area contributed by atoms with Crippen LogP contribution in [0.3, 0.4) is 0 Å². The van der Waals surface area contributed by atoms with Gasteiger partial charge in [-0.25, -0.2) is 4.68 Å². The molecule has 0 radical (unpaired) electrons. The average Bonchev–Trinajstić information content (AvgIpc) is 2.88. The molecule has 1 aromatic heterocycles. The van der Waals surface area contributed by atoms with Crippen molar-refractivity contribution in [1.82, 2.24) is 25.5 Å². The van der Waals surface area contributed by atoms with E-state index in [1.807, 2.05) is 45.9 Å². The van der Waals surface area contributed by atoms with E-state index in [1.165, 1.54) is 0 Å². The summed E-state index contributed by atoms with van der Waals surface area (Å²) in [5.41, 5.74) is 1.86. The first-order valence-electron chi connectivity index (χ1n) is 8.16. The van der Waals surface area contributed by atoms with Crippen LogP contribution in [0, 0.1) is 13.8 Å². The van der Waals surface area contributed by atoms with Gasteiger partial charge in [-0.1, -0.05) is 12.1 Å². The van der Waals surface area contributed by atoms with Crippen molar-refractivity contribution in [1.29, 1.82) is 0 Å². The molecule has 1 N–H and O–H groups in total. The Morgan fingerprint density at radius 2 is 2.21 bits per heavy atom. The van der Waals surface area contributed by atoms with E-state index < -0.39 is 0 Å². The minimum absolute atomic E-state index is 0.0147. The van der Waals surface area contributed by atoms with E-state index in [0.29, 0.717) is 18.8 Å². The van der Waals surface area contributed by atoms with E-state index in [1.54, 1.807) is 4.68 Å². The van der Waals surface area contributed by atoms with Crippen molar-refractivity contribution in [2.75, 3.05) is 0 Å². The van der Waals surface area contributed by atoms with Gasteiger partial charge in [0, 0.05) is 18.4 Å². The summed E-state index contributed by atoms with van der Waals surface area (Å²) in [4.78, 5) is 12.4. The predicted molar refractivity (Wildman–Crippen MR) is 88.6 cm³/mol. The van der Waals surface area contributed by atoms with Crippen LogP contribution in [0.2, 0.25) is 0 Å². The summed E-state index contributed by atoms with van der Waals surface area (Å²) in [5, 5.41) is 14.4. The smallest absolute Gasteiger partial charge is 0.222 e. The lowest BCUT2D eigenvalue weighted by atomic mass is 9.89. The Balaban J connectivity index is 1.70. The zero-order valence-corrected chi connectivity index (χ0v) is 14.5. The molecule has 7 nitrogen and oxygen atoms in total. The topological polar surface area (TPSA) is 81.9 Å². The van der Waals surface area contributed by atoms with Crippen molar-refractivity contribution in [2.45, 2.75) is 58.7 Å². The van der Waals surface area contributed by atoms with Crippen molar-refractivity contribution in [3.63, 3.8) is 0 Å². The van der Waals surface area contributed by atoms with Crippen LogP contribution in [0.25, 0.3) is 0 Å². The number of ether oxygens (including phenoxy) is 1. The van der Waals surface area contributed by atoms with Crippen LogP contribution in [0.1, 0.15) is 49.7 Å². The maximum absolute atomic E-state index is 12.4. The predicted octanol–water partition coefficient (Wildman–Crippen LogP) is 2.10. The lowest BCUT2D eigenvalue weighted by Crippen LogP contribution is -2.41. The number of hydrogen-bond donors (Lipinski definition) is 1. The van der Waals surface area contributed by atoms with Gasteiger partial charge >= 0.3 is 0 Å². The van der Waals surface area contributed by atoms with Crippen LogP contribution in [0.4, 0.5) is 0 Å². The molecule has 0 bridgehead atoms. The van der Waals surface area contributed by atoms with Gasteiger partial charge < -0.3 is 10.1 Å². The molecule has 24 heavy (non-hydrogen) atoms. The quantitative estimate of drug-likeness (QED) is 0.929. The Kier molecular flexibility index (Phi) is 4.26. The highest BCUT2D eigenvalue weighted by atomic mass is 16.5. The summed E-state index contributed by atoms with van der Waals surface area (Å²) >= 11 is 0. The van der Waals surface area contributed by atoms with Crippen LogP contribution >= 0.6 is 0 Å². The number of rotatable bonds is 4. The molecule has 1 amide bonds. The molecule has 0 aliphatic carbocycles. The molecule has 1 atom stereocenters. The van der Waals surface area contributed by atoms with Gasteiger partial charge in [-0.05, 0) is 49.8 Å². The third-order valence-electron chi connectivity index (χ3n) is 4.22. The molecule has 0 unspecified atom stereocenters. The number of amides is 1. The Labute approximate surface area is 141 Å². The fourth-order valence-electron chi connectivity index (χ4n) is 3.02. The molecule has 128 valence electrons. The number of carbonyl (C=O) groups is 1. The van der Waals surface area contributed by atoms with Gasteiger partial charge in [0.05, 0.1) is 12.6 Å². The second-order valence-corrected chi connectivity index (χ2v) is 6.93. The number of nitrogens with zero attached hydrogens (tertiary/aromatic N) is 4. The third kappa shape index (κ3) is 3.55. The molecule has 0 spiro atoms. The first-order valence-corrected chi connectivity index (χ1v) is 8.16. The monoisotopic (exact) mass is 329 g/mol. The summed E-state index contributed by atoms with van der Waals surface area (Å²) in [6.07, 6.45) is 1.07. The van der Waals surface area contributed by atoms with Crippen molar-refractivity contribution < 1.29 is 9.53 Å². The Morgan fingerprint density at radius 3 is 2.92 bits per heavy atom. The summed E-state index contributed by atoms with van der Waals surface area (Å²) in [7, 11) is 0. The van der Waals surface area contributed by atoms with Crippen LogP contribution in [0.5, 0.6) is 5.75 Å². The van der Waals surface area contributed by atoms with Gasteiger partial charge in [0.25, 0.3) is 0 Å². The zero-order valence-electron chi connectivity index (χ0n) is 14.5. The maximum atomic E-state index is 12.4. The number of benzene rings is 1. The van der Waals surface area contributed by atoms with Gasteiger partial charge in [-0.3, -0.25) is 4.79 Å². The molecule has 0 saturated carbocycles. The highest BCUT2D eigenvalue weighted by molar-refractivity contribution is 5.76. The molecule has 0 fully saturated rings. The maximum Gasteiger partial charge on any atom is 0.222 e.